The lowest BCUT2D eigenvalue weighted by Crippen LogP contribution is -2.33. The molecule has 0 aliphatic carbocycles. The molecule has 1 aliphatic rings. The Bertz CT molecular complexity index is 163. The summed E-state index contributed by atoms with van der Waals surface area (Å²) in [6.45, 7) is 9.64. The molecule has 0 aromatic rings. The van der Waals surface area contributed by atoms with Crippen LogP contribution in [0.3, 0.4) is 0 Å². The monoisotopic (exact) mass is 216 g/mol. The summed E-state index contributed by atoms with van der Waals surface area (Å²) in [7, 11) is 2.06. The Balaban J connectivity index is 2.19. The van der Waals surface area contributed by atoms with Crippen LogP contribution in [0, 0.1) is 5.41 Å². The highest BCUT2D eigenvalue weighted by Gasteiger charge is 2.32. The van der Waals surface area contributed by atoms with Crippen LogP contribution in [0.2, 0.25) is 0 Å². The van der Waals surface area contributed by atoms with Gasteiger partial charge in [-0.1, -0.05) is 13.8 Å². The number of rotatable bonds is 6. The standard InChI is InChI=1S/C11H24N2S/c1-4-14-8-7-13-6-5-11(2,10-13)9-12-3/h12H,4-10H2,1-3H3. The molecule has 3 heteroatoms. The van der Waals surface area contributed by atoms with E-state index in [1.807, 2.05) is 0 Å². The molecule has 1 atom stereocenters. The molecule has 84 valence electrons. The van der Waals surface area contributed by atoms with Crippen LogP contribution in [0.25, 0.3) is 0 Å². The van der Waals surface area contributed by atoms with Crippen LogP contribution in [0.5, 0.6) is 0 Å². The molecule has 2 nitrogen and oxygen atoms in total. The van der Waals surface area contributed by atoms with Gasteiger partial charge in [-0.15, -0.1) is 0 Å². The summed E-state index contributed by atoms with van der Waals surface area (Å²) in [5, 5.41) is 3.31. The second-order valence-corrected chi connectivity index (χ2v) is 5.96. The average Bonchev–Trinajstić information content (AvgIpc) is 2.49. The maximum atomic E-state index is 3.31. The quantitative estimate of drug-likeness (QED) is 0.680. The minimum Gasteiger partial charge on any atom is -0.319 e. The number of hydrogen-bond acceptors (Lipinski definition) is 3. The lowest BCUT2D eigenvalue weighted by atomic mass is 9.90. The molecule has 1 fully saturated rings. The molecule has 1 aliphatic heterocycles. The van der Waals surface area contributed by atoms with Crippen molar-refractivity contribution in [1.29, 1.82) is 0 Å². The summed E-state index contributed by atoms with van der Waals surface area (Å²) < 4.78 is 0. The zero-order valence-corrected chi connectivity index (χ0v) is 10.6. The Labute approximate surface area is 92.8 Å². The van der Waals surface area contributed by atoms with E-state index in [1.165, 1.54) is 37.6 Å². The van der Waals surface area contributed by atoms with E-state index in [2.05, 4.69) is 42.9 Å². The third kappa shape index (κ3) is 3.79. The molecule has 1 unspecified atom stereocenters. The Morgan fingerprint density at radius 3 is 2.93 bits per heavy atom. The summed E-state index contributed by atoms with van der Waals surface area (Å²) in [6, 6.07) is 0. The van der Waals surface area contributed by atoms with Gasteiger partial charge in [0.15, 0.2) is 0 Å². The van der Waals surface area contributed by atoms with Crippen LogP contribution in [0.15, 0.2) is 0 Å². The fourth-order valence-corrected chi connectivity index (χ4v) is 2.90. The largest absolute Gasteiger partial charge is 0.319 e. The molecule has 14 heavy (non-hydrogen) atoms. The van der Waals surface area contributed by atoms with Crippen molar-refractivity contribution in [1.82, 2.24) is 10.2 Å². The van der Waals surface area contributed by atoms with Crippen molar-refractivity contribution in [3.8, 4) is 0 Å². The first kappa shape index (κ1) is 12.3. The molecule has 0 spiro atoms. The third-order valence-corrected chi connectivity index (χ3v) is 3.88. The highest BCUT2D eigenvalue weighted by Crippen LogP contribution is 2.28. The molecule has 1 heterocycles. The van der Waals surface area contributed by atoms with E-state index < -0.39 is 0 Å². The fraction of sp³-hybridized carbons (Fsp3) is 1.00. The molecule has 1 saturated heterocycles. The molecule has 0 bridgehead atoms. The number of nitrogens with one attached hydrogen (secondary N) is 1. The summed E-state index contributed by atoms with van der Waals surface area (Å²) in [4.78, 5) is 2.61. The fourth-order valence-electron chi connectivity index (χ4n) is 2.23. The topological polar surface area (TPSA) is 15.3 Å². The van der Waals surface area contributed by atoms with Crippen LogP contribution in [0.4, 0.5) is 0 Å². The Hall–Kier alpha value is 0.270. The molecule has 1 rings (SSSR count). The average molecular weight is 216 g/mol. The maximum absolute atomic E-state index is 3.31. The molecule has 0 amide bonds. The Kier molecular flexibility index (Phi) is 5.28. The highest BCUT2D eigenvalue weighted by molar-refractivity contribution is 7.99. The van der Waals surface area contributed by atoms with Crippen molar-refractivity contribution in [2.75, 3.05) is 44.7 Å². The maximum Gasteiger partial charge on any atom is 0.00726 e. The van der Waals surface area contributed by atoms with E-state index in [0.29, 0.717) is 5.41 Å². The van der Waals surface area contributed by atoms with Gasteiger partial charge in [0, 0.05) is 25.4 Å². The molecule has 0 saturated carbocycles. The molecule has 0 aromatic heterocycles. The highest BCUT2D eigenvalue weighted by atomic mass is 32.2. The SMILES string of the molecule is CCSCCN1CCC(C)(CNC)C1. The first-order valence-corrected chi connectivity index (χ1v) is 6.80. The predicted octanol–water partition coefficient (Wildman–Crippen LogP) is 1.67. The number of thioether (sulfide) groups is 1. The molecule has 0 aromatic carbocycles. The first-order valence-electron chi connectivity index (χ1n) is 5.65. The van der Waals surface area contributed by atoms with Crippen LogP contribution < -0.4 is 5.32 Å². The van der Waals surface area contributed by atoms with Gasteiger partial charge in [0.1, 0.15) is 0 Å². The Morgan fingerprint density at radius 1 is 1.50 bits per heavy atom. The van der Waals surface area contributed by atoms with Gasteiger partial charge >= 0.3 is 0 Å². The molecule has 0 radical (unpaired) electrons. The minimum atomic E-state index is 0.519. The van der Waals surface area contributed by atoms with Gasteiger partial charge in [-0.3, -0.25) is 0 Å². The van der Waals surface area contributed by atoms with Gasteiger partial charge in [-0.25, -0.2) is 0 Å². The summed E-state index contributed by atoms with van der Waals surface area (Å²) in [5.74, 6) is 2.55. The van der Waals surface area contributed by atoms with Crippen molar-refractivity contribution in [3.63, 3.8) is 0 Å². The van der Waals surface area contributed by atoms with Gasteiger partial charge < -0.3 is 10.2 Å². The van der Waals surface area contributed by atoms with Crippen LogP contribution in [-0.2, 0) is 0 Å². The van der Waals surface area contributed by atoms with E-state index in [-0.39, 0.29) is 0 Å². The van der Waals surface area contributed by atoms with E-state index in [9.17, 15) is 0 Å². The zero-order chi connectivity index (χ0) is 10.4. The predicted molar refractivity (Wildman–Crippen MR) is 66.1 cm³/mol. The number of likely N-dealkylation sites (tertiary alicyclic amines) is 1. The van der Waals surface area contributed by atoms with Crippen molar-refractivity contribution in [3.05, 3.63) is 0 Å². The second-order valence-electron chi connectivity index (χ2n) is 4.56. The van der Waals surface area contributed by atoms with Gasteiger partial charge in [0.05, 0.1) is 0 Å². The number of nitrogens with zero attached hydrogens (tertiary/aromatic N) is 1. The van der Waals surface area contributed by atoms with Gasteiger partial charge in [-0.2, -0.15) is 11.8 Å². The minimum absolute atomic E-state index is 0.519. The first-order chi connectivity index (χ1) is 6.70. The Morgan fingerprint density at radius 2 is 2.29 bits per heavy atom. The number of hydrogen-bond donors (Lipinski definition) is 1. The van der Waals surface area contributed by atoms with Crippen molar-refractivity contribution in [2.45, 2.75) is 20.3 Å². The van der Waals surface area contributed by atoms with Crippen molar-refractivity contribution in [2.24, 2.45) is 5.41 Å². The summed E-state index contributed by atoms with van der Waals surface area (Å²) in [6.07, 6.45) is 1.35. The summed E-state index contributed by atoms with van der Waals surface area (Å²) in [5.41, 5.74) is 0.519. The lowest BCUT2D eigenvalue weighted by Gasteiger charge is -2.24. The van der Waals surface area contributed by atoms with Gasteiger partial charge in [0.25, 0.3) is 0 Å². The molecule has 1 N–H and O–H groups in total. The van der Waals surface area contributed by atoms with Crippen molar-refractivity contribution < 1.29 is 0 Å². The zero-order valence-electron chi connectivity index (χ0n) is 9.81. The normalized spacial score (nSPS) is 28.5. The van der Waals surface area contributed by atoms with E-state index in [1.54, 1.807) is 0 Å². The summed E-state index contributed by atoms with van der Waals surface area (Å²) >= 11 is 2.05. The third-order valence-electron chi connectivity index (χ3n) is 3.00. The van der Waals surface area contributed by atoms with Gasteiger partial charge in [0.2, 0.25) is 0 Å². The molecular weight excluding hydrogens is 192 g/mol. The molecular formula is C11H24N2S. The van der Waals surface area contributed by atoms with Crippen molar-refractivity contribution >= 4 is 11.8 Å². The van der Waals surface area contributed by atoms with E-state index in [4.69, 9.17) is 0 Å². The lowest BCUT2D eigenvalue weighted by molar-refractivity contribution is 0.281. The second kappa shape index (κ2) is 5.99. The van der Waals surface area contributed by atoms with Gasteiger partial charge in [-0.05, 0) is 31.2 Å². The van der Waals surface area contributed by atoms with Crippen LogP contribution >= 0.6 is 11.8 Å². The van der Waals surface area contributed by atoms with Crippen LogP contribution in [0.1, 0.15) is 20.3 Å². The van der Waals surface area contributed by atoms with E-state index >= 15 is 0 Å². The van der Waals surface area contributed by atoms with E-state index in [0.717, 1.165) is 6.54 Å². The van der Waals surface area contributed by atoms with Crippen LogP contribution in [-0.4, -0.2) is 49.6 Å². The smallest absolute Gasteiger partial charge is 0.00726 e.